The van der Waals surface area contributed by atoms with E-state index in [2.05, 4.69) is 12.2 Å². The summed E-state index contributed by atoms with van der Waals surface area (Å²) in [5.74, 6) is 3.14. The van der Waals surface area contributed by atoms with E-state index in [1.807, 2.05) is 0 Å². The molecule has 0 amide bonds. The van der Waals surface area contributed by atoms with E-state index < -0.39 is 0 Å². The number of fused-ring (bicyclic) bond motifs is 2. The van der Waals surface area contributed by atoms with Crippen LogP contribution in [0.5, 0.6) is 0 Å². The molecular formula is C13H23N. The fraction of sp³-hybridized carbons (Fsp3) is 1.00. The summed E-state index contributed by atoms with van der Waals surface area (Å²) in [6, 6.07) is 1.69. The van der Waals surface area contributed by atoms with Gasteiger partial charge in [-0.15, -0.1) is 0 Å². The Morgan fingerprint density at radius 3 is 2.43 bits per heavy atom. The second-order valence-corrected chi connectivity index (χ2v) is 5.93. The molecule has 1 N–H and O–H groups in total. The summed E-state index contributed by atoms with van der Waals surface area (Å²) in [4.78, 5) is 0. The van der Waals surface area contributed by atoms with Gasteiger partial charge < -0.3 is 5.32 Å². The van der Waals surface area contributed by atoms with E-state index in [-0.39, 0.29) is 0 Å². The predicted molar refractivity (Wildman–Crippen MR) is 59.2 cm³/mol. The van der Waals surface area contributed by atoms with Crippen molar-refractivity contribution in [1.82, 2.24) is 5.32 Å². The van der Waals surface area contributed by atoms with Crippen LogP contribution in [0.1, 0.15) is 51.9 Å². The Morgan fingerprint density at radius 1 is 1.07 bits per heavy atom. The third kappa shape index (κ3) is 1.50. The van der Waals surface area contributed by atoms with Gasteiger partial charge in [-0.25, -0.2) is 0 Å². The molecule has 0 aliphatic heterocycles. The van der Waals surface area contributed by atoms with Crippen molar-refractivity contribution in [1.29, 1.82) is 0 Å². The van der Waals surface area contributed by atoms with Crippen molar-refractivity contribution in [2.45, 2.75) is 64.0 Å². The number of hydrogen-bond acceptors (Lipinski definition) is 1. The molecule has 0 heterocycles. The Morgan fingerprint density at radius 2 is 1.93 bits per heavy atom. The molecule has 0 aromatic heterocycles. The van der Waals surface area contributed by atoms with Crippen molar-refractivity contribution in [3.63, 3.8) is 0 Å². The maximum absolute atomic E-state index is 3.91. The van der Waals surface area contributed by atoms with Gasteiger partial charge in [0.05, 0.1) is 0 Å². The summed E-state index contributed by atoms with van der Waals surface area (Å²) in [5, 5.41) is 3.91. The van der Waals surface area contributed by atoms with E-state index in [1.165, 1.54) is 44.9 Å². The van der Waals surface area contributed by atoms with Crippen molar-refractivity contribution < 1.29 is 0 Å². The molecule has 2 bridgehead atoms. The second-order valence-electron chi connectivity index (χ2n) is 5.93. The zero-order valence-electron chi connectivity index (χ0n) is 9.34. The van der Waals surface area contributed by atoms with Crippen LogP contribution in [0.4, 0.5) is 0 Å². The second kappa shape index (κ2) is 3.52. The predicted octanol–water partition coefficient (Wildman–Crippen LogP) is 2.95. The quantitative estimate of drug-likeness (QED) is 0.726. The van der Waals surface area contributed by atoms with Crippen LogP contribution in [0.25, 0.3) is 0 Å². The van der Waals surface area contributed by atoms with Gasteiger partial charge in [-0.1, -0.05) is 12.8 Å². The lowest BCUT2D eigenvalue weighted by molar-refractivity contribution is 0.206. The topological polar surface area (TPSA) is 12.0 Å². The first kappa shape index (κ1) is 9.21. The van der Waals surface area contributed by atoms with Gasteiger partial charge in [-0.3, -0.25) is 0 Å². The minimum absolute atomic E-state index is 0.799. The highest BCUT2D eigenvalue weighted by Crippen LogP contribution is 2.45. The molecule has 0 saturated heterocycles. The molecule has 80 valence electrons. The highest BCUT2D eigenvalue weighted by atomic mass is 15.0. The van der Waals surface area contributed by atoms with Crippen LogP contribution in [0, 0.1) is 17.8 Å². The van der Waals surface area contributed by atoms with Crippen LogP contribution in [-0.4, -0.2) is 12.1 Å². The molecule has 0 aromatic rings. The zero-order chi connectivity index (χ0) is 9.54. The Balaban J connectivity index is 1.52. The van der Waals surface area contributed by atoms with E-state index in [0.29, 0.717) is 0 Å². The highest BCUT2D eigenvalue weighted by molar-refractivity contribution is 4.96. The molecular weight excluding hydrogens is 170 g/mol. The highest BCUT2D eigenvalue weighted by Gasteiger charge is 2.40. The monoisotopic (exact) mass is 193 g/mol. The molecule has 1 nitrogen and oxygen atoms in total. The molecule has 4 atom stereocenters. The summed E-state index contributed by atoms with van der Waals surface area (Å²) < 4.78 is 0. The molecule has 3 saturated carbocycles. The number of nitrogens with one attached hydrogen (secondary N) is 1. The maximum Gasteiger partial charge on any atom is 0.0101 e. The van der Waals surface area contributed by atoms with Crippen LogP contribution in [0.15, 0.2) is 0 Å². The zero-order valence-corrected chi connectivity index (χ0v) is 9.34. The third-order valence-corrected chi connectivity index (χ3v) is 5.07. The van der Waals surface area contributed by atoms with Gasteiger partial charge in [-0.05, 0) is 56.8 Å². The van der Waals surface area contributed by atoms with E-state index in [1.54, 1.807) is 0 Å². The Labute approximate surface area is 87.7 Å². The lowest BCUT2D eigenvalue weighted by Crippen LogP contribution is -2.45. The average molecular weight is 193 g/mol. The Hall–Kier alpha value is -0.0400. The van der Waals surface area contributed by atoms with Crippen LogP contribution in [-0.2, 0) is 0 Å². The van der Waals surface area contributed by atoms with E-state index in [9.17, 15) is 0 Å². The maximum atomic E-state index is 3.91. The van der Waals surface area contributed by atoms with Crippen molar-refractivity contribution in [2.24, 2.45) is 17.8 Å². The fourth-order valence-electron chi connectivity index (χ4n) is 3.86. The van der Waals surface area contributed by atoms with E-state index in [4.69, 9.17) is 0 Å². The largest absolute Gasteiger partial charge is 0.311 e. The van der Waals surface area contributed by atoms with Gasteiger partial charge in [0.1, 0.15) is 0 Å². The molecule has 0 radical (unpaired) electrons. The minimum Gasteiger partial charge on any atom is -0.311 e. The average Bonchev–Trinajstić information content (AvgIpc) is 2.60. The number of hydrogen-bond donors (Lipinski definition) is 1. The van der Waals surface area contributed by atoms with Crippen molar-refractivity contribution in [2.75, 3.05) is 0 Å². The molecule has 0 spiro atoms. The van der Waals surface area contributed by atoms with Crippen molar-refractivity contribution in [3.8, 4) is 0 Å². The van der Waals surface area contributed by atoms with E-state index in [0.717, 1.165) is 29.8 Å². The van der Waals surface area contributed by atoms with E-state index >= 15 is 0 Å². The van der Waals surface area contributed by atoms with Gasteiger partial charge in [0.25, 0.3) is 0 Å². The van der Waals surface area contributed by atoms with Gasteiger partial charge in [0.2, 0.25) is 0 Å². The minimum atomic E-state index is 0.799. The van der Waals surface area contributed by atoms with Gasteiger partial charge >= 0.3 is 0 Å². The SMILES string of the molecule is CC(NC1CC2CCC1C2)C1CCC1. The molecule has 3 rings (SSSR count). The fourth-order valence-corrected chi connectivity index (χ4v) is 3.86. The normalized spacial score (nSPS) is 43.9. The first-order chi connectivity index (χ1) is 6.83. The van der Waals surface area contributed by atoms with Crippen molar-refractivity contribution >= 4 is 0 Å². The number of rotatable bonds is 3. The first-order valence-corrected chi connectivity index (χ1v) is 6.59. The smallest absolute Gasteiger partial charge is 0.0101 e. The first-order valence-electron chi connectivity index (χ1n) is 6.59. The van der Waals surface area contributed by atoms with Crippen LogP contribution < -0.4 is 5.32 Å². The van der Waals surface area contributed by atoms with Crippen LogP contribution in [0.3, 0.4) is 0 Å². The summed E-state index contributed by atoms with van der Waals surface area (Å²) >= 11 is 0. The van der Waals surface area contributed by atoms with Gasteiger partial charge in [0, 0.05) is 12.1 Å². The molecule has 3 aliphatic rings. The summed E-state index contributed by atoms with van der Waals surface area (Å²) in [6.45, 7) is 2.41. The molecule has 3 aliphatic carbocycles. The molecule has 14 heavy (non-hydrogen) atoms. The lowest BCUT2D eigenvalue weighted by Gasteiger charge is -2.36. The molecule has 4 unspecified atom stereocenters. The van der Waals surface area contributed by atoms with Gasteiger partial charge in [0.15, 0.2) is 0 Å². The summed E-state index contributed by atoms with van der Waals surface area (Å²) in [7, 11) is 0. The van der Waals surface area contributed by atoms with Crippen LogP contribution >= 0.6 is 0 Å². The third-order valence-electron chi connectivity index (χ3n) is 5.07. The molecule has 1 heteroatoms. The van der Waals surface area contributed by atoms with Crippen molar-refractivity contribution in [3.05, 3.63) is 0 Å². The van der Waals surface area contributed by atoms with Crippen LogP contribution in [0.2, 0.25) is 0 Å². The lowest BCUT2D eigenvalue weighted by atomic mass is 9.79. The standard InChI is InChI=1S/C13H23N/c1-9(11-3-2-4-11)14-13-8-10-5-6-12(13)7-10/h9-14H,2-8H2,1H3. The molecule has 3 fully saturated rings. The van der Waals surface area contributed by atoms with Gasteiger partial charge in [-0.2, -0.15) is 0 Å². The Kier molecular flexibility index (Phi) is 2.31. The summed E-state index contributed by atoms with van der Waals surface area (Å²) in [5.41, 5.74) is 0. The summed E-state index contributed by atoms with van der Waals surface area (Å²) in [6.07, 6.45) is 10.5. The molecule has 0 aromatic carbocycles. The Bertz CT molecular complexity index is 209.